The molecule has 34 heavy (non-hydrogen) atoms. The summed E-state index contributed by atoms with van der Waals surface area (Å²) in [7, 11) is 2.91. The van der Waals surface area contributed by atoms with Crippen molar-refractivity contribution in [1.29, 1.82) is 0 Å². The Morgan fingerprint density at radius 1 is 1.06 bits per heavy atom. The van der Waals surface area contributed by atoms with Crippen molar-refractivity contribution in [3.8, 4) is 5.75 Å². The lowest BCUT2D eigenvalue weighted by molar-refractivity contribution is -0.116. The molecule has 0 fully saturated rings. The lowest BCUT2D eigenvalue weighted by atomic mass is 9.85. The number of hydrogen-bond donors (Lipinski definition) is 1. The number of ether oxygens (including phenoxy) is 2. The first-order valence-electron chi connectivity index (χ1n) is 11.8. The third kappa shape index (κ3) is 7.17. The quantitative estimate of drug-likeness (QED) is 0.239. The number of aldehydes is 1. The molecule has 0 radical (unpaired) electrons. The second kappa shape index (κ2) is 12.4. The van der Waals surface area contributed by atoms with Crippen LogP contribution in [0.25, 0.3) is 0 Å². The maximum Gasteiger partial charge on any atom is 0.337 e. The Hall–Kier alpha value is -3.15. The molecule has 6 heteroatoms. The highest BCUT2D eigenvalue weighted by Crippen LogP contribution is 2.35. The van der Waals surface area contributed by atoms with Gasteiger partial charge >= 0.3 is 5.97 Å². The van der Waals surface area contributed by atoms with E-state index in [2.05, 4.69) is 33.0 Å². The molecular weight excluding hydrogens is 430 g/mol. The minimum absolute atomic E-state index is 0.0657. The molecule has 1 atom stereocenters. The number of benzene rings is 2. The zero-order valence-corrected chi connectivity index (χ0v) is 21.2. The van der Waals surface area contributed by atoms with Crippen molar-refractivity contribution in [3.05, 3.63) is 58.7 Å². The van der Waals surface area contributed by atoms with Crippen LogP contribution in [0, 0.1) is 0 Å². The van der Waals surface area contributed by atoms with E-state index in [4.69, 9.17) is 9.47 Å². The molecule has 184 valence electrons. The SMILES string of the molecule is CCCCCC(CC(=O)Nc1cc(C(=O)OC)ccc1C(C)(C)C)c1ccc(C=O)cc1OC. The average molecular weight is 468 g/mol. The van der Waals surface area contributed by atoms with Gasteiger partial charge in [-0.25, -0.2) is 4.79 Å². The highest BCUT2D eigenvalue weighted by Gasteiger charge is 2.24. The molecule has 0 bridgehead atoms. The first kappa shape index (κ1) is 27.1. The van der Waals surface area contributed by atoms with Crippen molar-refractivity contribution < 1.29 is 23.9 Å². The molecule has 0 aromatic heterocycles. The Balaban J connectivity index is 2.36. The first-order valence-corrected chi connectivity index (χ1v) is 11.8. The molecule has 1 amide bonds. The monoisotopic (exact) mass is 467 g/mol. The van der Waals surface area contributed by atoms with Gasteiger partial charge in [0, 0.05) is 17.7 Å². The Bertz CT molecular complexity index is 1010. The normalized spacial score (nSPS) is 12.1. The molecule has 0 aliphatic carbocycles. The van der Waals surface area contributed by atoms with Gasteiger partial charge in [-0.1, -0.05) is 65.2 Å². The molecule has 0 spiro atoms. The second-order valence-electron chi connectivity index (χ2n) is 9.57. The van der Waals surface area contributed by atoms with Crippen molar-refractivity contribution >= 4 is 23.9 Å². The Labute approximate surface area is 203 Å². The van der Waals surface area contributed by atoms with Crippen LogP contribution >= 0.6 is 0 Å². The first-order chi connectivity index (χ1) is 16.1. The number of anilines is 1. The van der Waals surface area contributed by atoms with Crippen LogP contribution in [-0.4, -0.2) is 32.4 Å². The summed E-state index contributed by atoms with van der Waals surface area (Å²) in [4.78, 5) is 36.5. The molecule has 6 nitrogen and oxygen atoms in total. The minimum Gasteiger partial charge on any atom is -0.496 e. The van der Waals surface area contributed by atoms with Gasteiger partial charge in [-0.3, -0.25) is 9.59 Å². The zero-order valence-electron chi connectivity index (χ0n) is 21.2. The molecule has 0 heterocycles. The van der Waals surface area contributed by atoms with E-state index in [0.717, 1.165) is 43.1 Å². The smallest absolute Gasteiger partial charge is 0.337 e. The predicted octanol–water partition coefficient (Wildman–Crippen LogP) is 6.28. The van der Waals surface area contributed by atoms with Crippen LogP contribution in [0.4, 0.5) is 5.69 Å². The largest absolute Gasteiger partial charge is 0.496 e. The van der Waals surface area contributed by atoms with Gasteiger partial charge in [0.2, 0.25) is 5.91 Å². The van der Waals surface area contributed by atoms with Crippen molar-refractivity contribution in [2.45, 2.75) is 71.1 Å². The number of nitrogens with one attached hydrogen (secondary N) is 1. The van der Waals surface area contributed by atoms with E-state index >= 15 is 0 Å². The summed E-state index contributed by atoms with van der Waals surface area (Å²) in [6.07, 6.45) is 5.00. The topological polar surface area (TPSA) is 81.7 Å². The number of esters is 1. The average Bonchev–Trinajstić information content (AvgIpc) is 2.81. The summed E-state index contributed by atoms with van der Waals surface area (Å²) < 4.78 is 10.4. The molecule has 2 aromatic carbocycles. The predicted molar refractivity (Wildman–Crippen MR) is 135 cm³/mol. The van der Waals surface area contributed by atoms with Crippen LogP contribution < -0.4 is 10.1 Å². The van der Waals surface area contributed by atoms with E-state index in [1.165, 1.54) is 7.11 Å². The van der Waals surface area contributed by atoms with Gasteiger partial charge in [-0.05, 0) is 47.1 Å². The van der Waals surface area contributed by atoms with E-state index in [0.29, 0.717) is 22.6 Å². The molecule has 1 unspecified atom stereocenters. The number of hydrogen-bond acceptors (Lipinski definition) is 5. The number of rotatable bonds is 11. The maximum absolute atomic E-state index is 13.3. The van der Waals surface area contributed by atoms with Gasteiger partial charge in [0.1, 0.15) is 12.0 Å². The molecule has 0 saturated carbocycles. The van der Waals surface area contributed by atoms with Gasteiger partial charge in [0.05, 0.1) is 19.8 Å². The molecule has 1 N–H and O–H groups in total. The lowest BCUT2D eigenvalue weighted by Gasteiger charge is -2.25. The van der Waals surface area contributed by atoms with Crippen LogP contribution in [0.3, 0.4) is 0 Å². The zero-order chi connectivity index (χ0) is 25.3. The number of amides is 1. The Morgan fingerprint density at radius 3 is 2.38 bits per heavy atom. The standard InChI is InChI=1S/C28H37NO5/c1-7-8-9-10-20(22-13-11-19(18-30)15-25(22)33-5)17-26(31)29-24-16-21(27(32)34-6)12-14-23(24)28(2,3)4/h11-16,18,20H,7-10,17H2,1-6H3,(H,29,31). The Morgan fingerprint density at radius 2 is 1.79 bits per heavy atom. The summed E-state index contributed by atoms with van der Waals surface area (Å²) in [5.74, 6) is -0.0463. The number of unbranched alkanes of at least 4 members (excludes halogenated alkanes) is 2. The number of carbonyl (C=O) groups is 3. The van der Waals surface area contributed by atoms with E-state index < -0.39 is 5.97 Å². The summed E-state index contributed by atoms with van der Waals surface area (Å²) in [6, 6.07) is 10.6. The van der Waals surface area contributed by atoms with Crippen molar-refractivity contribution in [2.24, 2.45) is 0 Å². The van der Waals surface area contributed by atoms with Crippen LogP contribution in [0.1, 0.15) is 97.6 Å². The maximum atomic E-state index is 13.3. The van der Waals surface area contributed by atoms with Crippen molar-refractivity contribution in [2.75, 3.05) is 19.5 Å². The minimum atomic E-state index is -0.451. The van der Waals surface area contributed by atoms with Crippen LogP contribution in [0.15, 0.2) is 36.4 Å². The highest BCUT2D eigenvalue weighted by molar-refractivity contribution is 5.96. The fraction of sp³-hybridized carbons (Fsp3) is 0.464. The molecule has 2 rings (SSSR count). The summed E-state index contributed by atoms with van der Waals surface area (Å²) in [5.41, 5.74) is 3.15. The molecule has 0 saturated heterocycles. The van der Waals surface area contributed by atoms with Gasteiger partial charge in [-0.15, -0.1) is 0 Å². The van der Waals surface area contributed by atoms with Crippen molar-refractivity contribution in [1.82, 2.24) is 0 Å². The summed E-state index contributed by atoms with van der Waals surface area (Å²) >= 11 is 0. The van der Waals surface area contributed by atoms with E-state index in [1.807, 2.05) is 12.1 Å². The number of carbonyl (C=O) groups excluding carboxylic acids is 3. The fourth-order valence-electron chi connectivity index (χ4n) is 4.12. The van der Waals surface area contributed by atoms with Gasteiger partial charge in [0.25, 0.3) is 0 Å². The van der Waals surface area contributed by atoms with Gasteiger partial charge < -0.3 is 14.8 Å². The van der Waals surface area contributed by atoms with Gasteiger partial charge in [-0.2, -0.15) is 0 Å². The van der Waals surface area contributed by atoms with Gasteiger partial charge in [0.15, 0.2) is 0 Å². The lowest BCUT2D eigenvalue weighted by Crippen LogP contribution is -2.21. The van der Waals surface area contributed by atoms with Crippen LogP contribution in [0.5, 0.6) is 5.75 Å². The number of methoxy groups -OCH3 is 2. The second-order valence-corrected chi connectivity index (χ2v) is 9.57. The molecule has 0 aliphatic heterocycles. The van der Waals surface area contributed by atoms with Crippen molar-refractivity contribution in [3.63, 3.8) is 0 Å². The molecule has 0 aliphatic rings. The van der Waals surface area contributed by atoms with Crippen LogP contribution in [0.2, 0.25) is 0 Å². The highest BCUT2D eigenvalue weighted by atomic mass is 16.5. The van der Waals surface area contributed by atoms with E-state index in [1.54, 1.807) is 31.4 Å². The molecule has 2 aromatic rings. The molecular formula is C28H37NO5. The Kier molecular flexibility index (Phi) is 9.84. The van der Waals surface area contributed by atoms with Crippen LogP contribution in [-0.2, 0) is 14.9 Å². The van der Waals surface area contributed by atoms with E-state index in [-0.39, 0.29) is 23.7 Å². The third-order valence-electron chi connectivity index (χ3n) is 5.94. The third-order valence-corrected chi connectivity index (χ3v) is 5.94. The summed E-state index contributed by atoms with van der Waals surface area (Å²) in [5, 5.41) is 3.04. The fourth-order valence-corrected chi connectivity index (χ4v) is 4.12. The van der Waals surface area contributed by atoms with E-state index in [9.17, 15) is 14.4 Å². The summed E-state index contributed by atoms with van der Waals surface area (Å²) in [6.45, 7) is 8.32.